The molecule has 8 heteroatoms. The first-order chi connectivity index (χ1) is 15.4. The van der Waals surface area contributed by atoms with Gasteiger partial charge in [0, 0.05) is 12.6 Å². The fourth-order valence-corrected chi connectivity index (χ4v) is 6.19. The van der Waals surface area contributed by atoms with Crippen LogP contribution in [-0.4, -0.2) is 38.6 Å². The van der Waals surface area contributed by atoms with E-state index in [1.54, 1.807) is 30.3 Å². The number of carboxylic acids is 1. The van der Waals surface area contributed by atoms with Gasteiger partial charge in [0.15, 0.2) is 0 Å². The molecule has 0 spiro atoms. The molecule has 1 saturated heterocycles. The third kappa shape index (κ3) is 4.76. The molecule has 2 aromatic carbocycles. The van der Waals surface area contributed by atoms with Crippen molar-refractivity contribution >= 4 is 27.4 Å². The van der Waals surface area contributed by atoms with Crippen LogP contribution in [0.1, 0.15) is 66.4 Å². The van der Waals surface area contributed by atoms with Gasteiger partial charge >= 0.3 is 5.97 Å². The van der Waals surface area contributed by atoms with Crippen LogP contribution in [0.2, 0.25) is 0 Å². The molecule has 4 N–H and O–H groups in total. The molecule has 0 amide bonds. The Kier molecular flexibility index (Phi) is 6.71. The summed E-state index contributed by atoms with van der Waals surface area (Å²) in [5, 5.41) is 16.6. The molecule has 0 aromatic heterocycles. The minimum absolute atomic E-state index is 0.0658. The lowest BCUT2D eigenvalue weighted by molar-refractivity contribution is 0.0696. The largest absolute Gasteiger partial charge is 0.478 e. The van der Waals surface area contributed by atoms with E-state index in [0.29, 0.717) is 18.3 Å². The van der Waals surface area contributed by atoms with Crippen LogP contribution in [0.4, 0.5) is 11.4 Å². The molecule has 0 bridgehead atoms. The lowest BCUT2D eigenvalue weighted by atomic mass is 9.80. The molecular weight excluding hydrogens is 426 g/mol. The van der Waals surface area contributed by atoms with Crippen molar-refractivity contribution in [2.24, 2.45) is 0 Å². The van der Waals surface area contributed by atoms with Crippen LogP contribution < -0.4 is 15.4 Å². The minimum Gasteiger partial charge on any atom is -0.478 e. The van der Waals surface area contributed by atoms with Gasteiger partial charge < -0.3 is 15.7 Å². The first-order valence-corrected chi connectivity index (χ1v) is 12.8. The topological polar surface area (TPSA) is 108 Å². The molecular formula is C24H31N3O4S. The Balaban J connectivity index is 1.60. The molecule has 7 nitrogen and oxygen atoms in total. The van der Waals surface area contributed by atoms with Gasteiger partial charge in [0.25, 0.3) is 10.0 Å². The molecule has 32 heavy (non-hydrogen) atoms. The normalized spacial score (nSPS) is 20.5. The summed E-state index contributed by atoms with van der Waals surface area (Å²) in [5.74, 6) is -1.03. The number of hydrogen-bond donors (Lipinski definition) is 4. The van der Waals surface area contributed by atoms with Crippen molar-refractivity contribution in [3.63, 3.8) is 0 Å². The van der Waals surface area contributed by atoms with E-state index in [0.717, 1.165) is 49.8 Å². The Morgan fingerprint density at radius 1 is 1.12 bits per heavy atom. The fourth-order valence-electron chi connectivity index (χ4n) is 4.93. The Bertz CT molecular complexity index is 1090. The summed E-state index contributed by atoms with van der Waals surface area (Å²) in [5.41, 5.74) is 2.44. The van der Waals surface area contributed by atoms with Crippen LogP contribution in [0.25, 0.3) is 0 Å². The maximum absolute atomic E-state index is 13.3. The average molecular weight is 458 g/mol. The summed E-state index contributed by atoms with van der Waals surface area (Å²) in [7, 11) is -3.98. The number of aromatic carboxylic acids is 1. The van der Waals surface area contributed by atoms with E-state index >= 15 is 0 Å². The zero-order chi connectivity index (χ0) is 22.7. The van der Waals surface area contributed by atoms with Crippen LogP contribution in [0.15, 0.2) is 41.3 Å². The molecule has 172 valence electrons. The second kappa shape index (κ2) is 9.50. The monoisotopic (exact) mass is 457 g/mol. The average Bonchev–Trinajstić information content (AvgIpc) is 3.27. The SMILES string of the molecule is CC1CCCc2ccc(NS(=O)(=O)c3ccccc3NCC[C@H]3CCCN3)c(C(=O)O)c21. The van der Waals surface area contributed by atoms with E-state index in [1.807, 2.05) is 13.0 Å². The van der Waals surface area contributed by atoms with Crippen molar-refractivity contribution in [1.29, 1.82) is 0 Å². The zero-order valence-electron chi connectivity index (χ0n) is 18.4. The predicted molar refractivity (Wildman–Crippen MR) is 126 cm³/mol. The molecule has 0 radical (unpaired) electrons. The number of aryl methyl sites for hydroxylation is 1. The molecule has 1 fully saturated rings. The molecule has 0 saturated carbocycles. The van der Waals surface area contributed by atoms with Gasteiger partial charge in [-0.2, -0.15) is 0 Å². The maximum atomic E-state index is 13.3. The van der Waals surface area contributed by atoms with Crippen LogP contribution in [-0.2, 0) is 16.4 Å². The van der Waals surface area contributed by atoms with E-state index in [2.05, 4.69) is 15.4 Å². The number of fused-ring (bicyclic) bond motifs is 1. The number of carboxylic acid groups (broad SMARTS) is 1. The fraction of sp³-hybridized carbons (Fsp3) is 0.458. The zero-order valence-corrected chi connectivity index (χ0v) is 19.2. The van der Waals surface area contributed by atoms with Crippen LogP contribution >= 0.6 is 0 Å². The highest BCUT2D eigenvalue weighted by molar-refractivity contribution is 7.92. The number of rotatable bonds is 8. The third-order valence-electron chi connectivity index (χ3n) is 6.52. The van der Waals surface area contributed by atoms with Gasteiger partial charge in [-0.05, 0) is 80.3 Å². The molecule has 1 unspecified atom stereocenters. The molecule has 1 aliphatic carbocycles. The number of anilines is 2. The number of carbonyl (C=O) groups is 1. The van der Waals surface area contributed by atoms with E-state index in [4.69, 9.17) is 0 Å². The first kappa shape index (κ1) is 22.6. The summed E-state index contributed by atoms with van der Waals surface area (Å²) < 4.78 is 29.2. The second-order valence-electron chi connectivity index (χ2n) is 8.77. The van der Waals surface area contributed by atoms with Gasteiger partial charge in [-0.1, -0.05) is 25.1 Å². The Morgan fingerprint density at radius 3 is 2.69 bits per heavy atom. The number of sulfonamides is 1. The lowest BCUT2D eigenvalue weighted by Crippen LogP contribution is -2.24. The second-order valence-corrected chi connectivity index (χ2v) is 10.4. The van der Waals surface area contributed by atoms with Gasteiger partial charge in [-0.25, -0.2) is 13.2 Å². The van der Waals surface area contributed by atoms with Gasteiger partial charge in [0.05, 0.1) is 16.9 Å². The van der Waals surface area contributed by atoms with Gasteiger partial charge in [0.2, 0.25) is 0 Å². The standard InChI is InChI=1S/C24H31N3O4S/c1-16-6-4-7-17-11-12-20(23(22(16)17)24(28)29)27-32(30,31)21-10-3-2-9-19(21)26-15-13-18-8-5-14-25-18/h2-3,9-12,16,18,25-27H,4-8,13-15H2,1H3,(H,28,29)/t16?,18-/m1/s1. The Morgan fingerprint density at radius 2 is 1.94 bits per heavy atom. The van der Waals surface area contributed by atoms with Crippen LogP contribution in [0.5, 0.6) is 0 Å². The molecule has 2 aliphatic rings. The van der Waals surface area contributed by atoms with Crippen molar-refractivity contribution < 1.29 is 18.3 Å². The van der Waals surface area contributed by atoms with Crippen molar-refractivity contribution in [1.82, 2.24) is 5.32 Å². The molecule has 2 atom stereocenters. The molecule has 4 rings (SSSR count). The van der Waals surface area contributed by atoms with Gasteiger partial charge in [-0.15, -0.1) is 0 Å². The summed E-state index contributed by atoms with van der Waals surface area (Å²) >= 11 is 0. The molecule has 2 aromatic rings. The Hall–Kier alpha value is -2.58. The number of hydrogen-bond acceptors (Lipinski definition) is 5. The van der Waals surface area contributed by atoms with Gasteiger partial charge in [-0.3, -0.25) is 4.72 Å². The first-order valence-electron chi connectivity index (χ1n) is 11.3. The highest BCUT2D eigenvalue weighted by atomic mass is 32.2. The number of para-hydroxylation sites is 1. The molecule has 1 aliphatic heterocycles. The quantitative estimate of drug-likeness (QED) is 0.474. The van der Waals surface area contributed by atoms with Crippen LogP contribution in [0.3, 0.4) is 0 Å². The van der Waals surface area contributed by atoms with Gasteiger partial charge in [0.1, 0.15) is 4.90 Å². The summed E-state index contributed by atoms with van der Waals surface area (Å²) in [4.78, 5) is 12.3. The number of nitrogens with one attached hydrogen (secondary N) is 3. The van der Waals surface area contributed by atoms with Crippen molar-refractivity contribution in [2.75, 3.05) is 23.1 Å². The number of benzene rings is 2. The van der Waals surface area contributed by atoms with Crippen LogP contribution in [0, 0.1) is 0 Å². The predicted octanol–water partition coefficient (Wildman–Crippen LogP) is 4.18. The summed E-state index contributed by atoms with van der Waals surface area (Å²) in [6, 6.07) is 10.6. The highest BCUT2D eigenvalue weighted by Crippen LogP contribution is 2.38. The van der Waals surface area contributed by atoms with E-state index < -0.39 is 16.0 Å². The highest BCUT2D eigenvalue weighted by Gasteiger charge is 2.28. The van der Waals surface area contributed by atoms with E-state index in [-0.39, 0.29) is 22.1 Å². The van der Waals surface area contributed by atoms with E-state index in [1.165, 1.54) is 6.42 Å². The minimum atomic E-state index is -3.98. The Labute approximate surface area is 189 Å². The molecule has 1 heterocycles. The smallest absolute Gasteiger partial charge is 0.338 e. The third-order valence-corrected chi connectivity index (χ3v) is 7.94. The van der Waals surface area contributed by atoms with E-state index in [9.17, 15) is 18.3 Å². The van der Waals surface area contributed by atoms with Crippen molar-refractivity contribution in [3.05, 3.63) is 53.1 Å². The maximum Gasteiger partial charge on any atom is 0.338 e. The van der Waals surface area contributed by atoms with Crippen molar-refractivity contribution in [2.45, 2.75) is 62.3 Å². The van der Waals surface area contributed by atoms with Crippen molar-refractivity contribution in [3.8, 4) is 0 Å². The lowest BCUT2D eigenvalue weighted by Gasteiger charge is -2.26. The summed E-state index contributed by atoms with van der Waals surface area (Å²) in [6.07, 6.45) is 5.94. The summed E-state index contributed by atoms with van der Waals surface area (Å²) in [6.45, 7) is 3.69.